The second kappa shape index (κ2) is 8.64. The van der Waals surface area contributed by atoms with E-state index in [-0.39, 0.29) is 30.1 Å². The van der Waals surface area contributed by atoms with Crippen molar-refractivity contribution >= 4 is 11.9 Å². The zero-order valence-electron chi connectivity index (χ0n) is 16.3. The van der Waals surface area contributed by atoms with Crippen LogP contribution in [0.1, 0.15) is 48.0 Å². The molecule has 2 unspecified atom stereocenters. The van der Waals surface area contributed by atoms with Crippen LogP contribution in [0.2, 0.25) is 0 Å². The summed E-state index contributed by atoms with van der Waals surface area (Å²) in [6, 6.07) is 15.8. The van der Waals surface area contributed by atoms with Gasteiger partial charge in [0.05, 0.1) is 0 Å². The molecule has 2 atom stereocenters. The number of benzene rings is 2. The van der Waals surface area contributed by atoms with Gasteiger partial charge in [-0.2, -0.15) is 0 Å². The van der Waals surface area contributed by atoms with Crippen molar-refractivity contribution < 1.29 is 14.0 Å². The first-order valence-electron chi connectivity index (χ1n) is 10.3. The zero-order chi connectivity index (χ0) is 20.2. The van der Waals surface area contributed by atoms with Crippen molar-refractivity contribution in [3.05, 3.63) is 71.5 Å². The van der Waals surface area contributed by atoms with Crippen LogP contribution in [0.5, 0.6) is 0 Å². The maximum absolute atomic E-state index is 13.4. The van der Waals surface area contributed by atoms with E-state index in [9.17, 15) is 14.0 Å². The molecule has 29 heavy (non-hydrogen) atoms. The van der Waals surface area contributed by atoms with E-state index >= 15 is 0 Å². The van der Waals surface area contributed by atoms with Crippen molar-refractivity contribution in [3.8, 4) is 0 Å². The Kier molecular flexibility index (Phi) is 5.79. The van der Waals surface area contributed by atoms with Crippen LogP contribution in [-0.4, -0.2) is 35.0 Å². The lowest BCUT2D eigenvalue weighted by atomic mass is 9.82. The third-order valence-corrected chi connectivity index (χ3v) is 5.92. The number of halogens is 1. The summed E-state index contributed by atoms with van der Waals surface area (Å²) >= 11 is 0. The number of nitrogens with zero attached hydrogens (tertiary/aromatic N) is 1. The van der Waals surface area contributed by atoms with Crippen molar-refractivity contribution in [2.24, 2.45) is 0 Å². The number of urea groups is 1. The van der Waals surface area contributed by atoms with E-state index in [4.69, 9.17) is 0 Å². The minimum atomic E-state index is -0.417. The number of piperidine rings is 2. The molecule has 0 aromatic heterocycles. The van der Waals surface area contributed by atoms with Crippen LogP contribution in [0.15, 0.2) is 54.6 Å². The third-order valence-electron chi connectivity index (χ3n) is 5.92. The van der Waals surface area contributed by atoms with Gasteiger partial charge in [-0.25, -0.2) is 9.18 Å². The fraction of sp³-hybridized carbons (Fsp3) is 0.391. The molecule has 2 aliphatic heterocycles. The Hall–Kier alpha value is -2.89. The van der Waals surface area contributed by atoms with Crippen LogP contribution in [-0.2, 0) is 6.54 Å². The molecule has 6 heteroatoms. The Labute approximate surface area is 170 Å². The summed E-state index contributed by atoms with van der Waals surface area (Å²) < 4.78 is 13.4. The monoisotopic (exact) mass is 395 g/mol. The molecule has 2 saturated heterocycles. The number of carbonyl (C=O) groups is 2. The maximum atomic E-state index is 13.4. The lowest BCUT2D eigenvalue weighted by Gasteiger charge is -2.48. The molecule has 2 bridgehead atoms. The predicted octanol–water partition coefficient (Wildman–Crippen LogP) is 3.85. The molecule has 2 aliphatic rings. The predicted molar refractivity (Wildman–Crippen MR) is 109 cm³/mol. The number of rotatable bonds is 4. The Morgan fingerprint density at radius 2 is 1.72 bits per heavy atom. The molecular formula is C23H26FN3O2. The standard InChI is InChI=1S/C23H26FN3O2/c24-18-9-4-8-17(12-18)22(28)26-19-13-20-10-5-11-21(14-19)27(20)23(29)25-15-16-6-2-1-3-7-16/h1-4,6-9,12,19-21H,5,10-11,13-15H2,(H,25,29)(H,26,28). The third kappa shape index (κ3) is 4.58. The molecule has 4 rings (SSSR count). The van der Waals surface area contributed by atoms with Crippen LogP contribution in [0.3, 0.4) is 0 Å². The summed E-state index contributed by atoms with van der Waals surface area (Å²) in [4.78, 5) is 27.3. The molecule has 0 aliphatic carbocycles. The smallest absolute Gasteiger partial charge is 0.318 e. The van der Waals surface area contributed by atoms with Crippen molar-refractivity contribution in [2.75, 3.05) is 0 Å². The Balaban J connectivity index is 1.37. The Morgan fingerprint density at radius 1 is 1.00 bits per heavy atom. The van der Waals surface area contributed by atoms with E-state index in [0.717, 1.165) is 37.7 Å². The van der Waals surface area contributed by atoms with Crippen molar-refractivity contribution in [3.63, 3.8) is 0 Å². The van der Waals surface area contributed by atoms with E-state index in [1.54, 1.807) is 12.1 Å². The van der Waals surface area contributed by atoms with Gasteiger partial charge in [-0.3, -0.25) is 4.79 Å². The fourth-order valence-electron chi connectivity index (χ4n) is 4.59. The number of carbonyl (C=O) groups excluding carboxylic acids is 2. The summed E-state index contributed by atoms with van der Waals surface area (Å²) in [5.41, 5.74) is 1.40. The first-order valence-corrected chi connectivity index (χ1v) is 10.3. The molecule has 2 fully saturated rings. The van der Waals surface area contributed by atoms with Crippen molar-refractivity contribution in [1.82, 2.24) is 15.5 Å². The number of hydrogen-bond acceptors (Lipinski definition) is 2. The molecule has 5 nitrogen and oxygen atoms in total. The van der Waals surface area contributed by atoms with Crippen molar-refractivity contribution in [1.29, 1.82) is 0 Å². The summed E-state index contributed by atoms with van der Waals surface area (Å²) in [5.74, 6) is -0.672. The summed E-state index contributed by atoms with van der Waals surface area (Å²) in [6.07, 6.45) is 4.46. The van der Waals surface area contributed by atoms with Crippen LogP contribution < -0.4 is 10.6 Å². The van der Waals surface area contributed by atoms with Gasteiger partial charge >= 0.3 is 6.03 Å². The highest BCUT2D eigenvalue weighted by molar-refractivity contribution is 5.94. The quantitative estimate of drug-likeness (QED) is 0.826. The van der Waals surface area contributed by atoms with Crippen molar-refractivity contribution in [2.45, 2.75) is 56.8 Å². The summed E-state index contributed by atoms with van der Waals surface area (Å²) in [7, 11) is 0. The fourth-order valence-corrected chi connectivity index (χ4v) is 4.59. The minimum absolute atomic E-state index is 0.000703. The second-order valence-electron chi connectivity index (χ2n) is 7.94. The summed E-state index contributed by atoms with van der Waals surface area (Å²) in [5, 5.41) is 6.09. The van der Waals surface area contributed by atoms with Gasteiger partial charge < -0.3 is 15.5 Å². The number of nitrogens with one attached hydrogen (secondary N) is 2. The van der Waals surface area contributed by atoms with Crippen LogP contribution in [0.25, 0.3) is 0 Å². The second-order valence-corrected chi connectivity index (χ2v) is 7.94. The highest BCUT2D eigenvalue weighted by Crippen LogP contribution is 2.34. The molecule has 2 N–H and O–H groups in total. The van der Waals surface area contributed by atoms with E-state index in [0.29, 0.717) is 12.1 Å². The van der Waals surface area contributed by atoms with Crippen LogP contribution in [0, 0.1) is 5.82 Å². The molecular weight excluding hydrogens is 369 g/mol. The molecule has 0 spiro atoms. The molecule has 0 saturated carbocycles. The molecule has 2 heterocycles. The van der Waals surface area contributed by atoms with Gasteiger partial charge in [-0.1, -0.05) is 36.4 Å². The molecule has 2 aromatic carbocycles. The SMILES string of the molecule is O=C(NC1CC2CCCC(C1)N2C(=O)NCc1ccccc1)c1cccc(F)c1. The van der Waals surface area contributed by atoms with Gasteiger partial charge in [0.15, 0.2) is 0 Å². The van der Waals surface area contributed by atoms with Gasteiger partial charge in [-0.05, 0) is 55.9 Å². The average molecular weight is 395 g/mol. The first-order chi connectivity index (χ1) is 14.1. The maximum Gasteiger partial charge on any atom is 0.318 e. The molecule has 2 aromatic rings. The van der Waals surface area contributed by atoms with E-state index in [2.05, 4.69) is 10.6 Å². The van der Waals surface area contributed by atoms with E-state index < -0.39 is 5.82 Å². The van der Waals surface area contributed by atoms with Gasteiger partial charge in [0.25, 0.3) is 5.91 Å². The highest BCUT2D eigenvalue weighted by Gasteiger charge is 2.41. The van der Waals surface area contributed by atoms with E-state index in [1.165, 1.54) is 12.1 Å². The largest absolute Gasteiger partial charge is 0.349 e. The van der Waals surface area contributed by atoms with Gasteiger partial charge in [-0.15, -0.1) is 0 Å². The lowest BCUT2D eigenvalue weighted by Crippen LogP contribution is -2.60. The topological polar surface area (TPSA) is 61.4 Å². The summed E-state index contributed by atoms with van der Waals surface area (Å²) in [6.45, 7) is 0.509. The Morgan fingerprint density at radius 3 is 2.41 bits per heavy atom. The van der Waals surface area contributed by atoms with Gasteiger partial charge in [0.2, 0.25) is 0 Å². The molecule has 3 amide bonds. The highest BCUT2D eigenvalue weighted by atomic mass is 19.1. The normalized spacial score (nSPS) is 23.3. The molecule has 0 radical (unpaired) electrons. The average Bonchev–Trinajstić information content (AvgIpc) is 2.72. The molecule has 152 valence electrons. The number of hydrogen-bond donors (Lipinski definition) is 2. The first kappa shape index (κ1) is 19.4. The lowest BCUT2D eigenvalue weighted by molar-refractivity contribution is 0.0522. The van der Waals surface area contributed by atoms with Crippen LogP contribution >= 0.6 is 0 Å². The van der Waals surface area contributed by atoms with E-state index in [1.807, 2.05) is 35.2 Å². The van der Waals surface area contributed by atoms with Gasteiger partial charge in [0, 0.05) is 30.2 Å². The number of amides is 3. The van der Waals surface area contributed by atoms with Crippen LogP contribution in [0.4, 0.5) is 9.18 Å². The number of fused-ring (bicyclic) bond motifs is 2. The minimum Gasteiger partial charge on any atom is -0.349 e. The van der Waals surface area contributed by atoms with Gasteiger partial charge in [0.1, 0.15) is 5.82 Å². The Bertz CT molecular complexity index is 859. The zero-order valence-corrected chi connectivity index (χ0v) is 16.3.